The maximum absolute atomic E-state index is 13.0. The fourth-order valence-corrected chi connectivity index (χ4v) is 4.40. The fourth-order valence-electron chi connectivity index (χ4n) is 3.41. The third-order valence-corrected chi connectivity index (χ3v) is 5.52. The number of aromatic nitrogens is 2. The molecule has 0 amide bonds. The molecule has 0 fully saturated rings. The number of hydrogen-bond donors (Lipinski definition) is 0. The van der Waals surface area contributed by atoms with Crippen LogP contribution in [0.4, 0.5) is 0 Å². The highest BCUT2D eigenvalue weighted by molar-refractivity contribution is 7.15. The van der Waals surface area contributed by atoms with Crippen molar-refractivity contribution in [3.63, 3.8) is 0 Å². The van der Waals surface area contributed by atoms with E-state index < -0.39 is 0 Å². The summed E-state index contributed by atoms with van der Waals surface area (Å²) in [7, 11) is 0. The number of allylic oxidation sites excluding steroid dienone is 1. The Bertz CT molecular complexity index is 1300. The molecular formula is C23H22N2O3S. The van der Waals surface area contributed by atoms with Crippen molar-refractivity contribution in [3.8, 4) is 11.5 Å². The second-order valence-corrected chi connectivity index (χ2v) is 7.51. The van der Waals surface area contributed by atoms with Crippen LogP contribution in [0.25, 0.3) is 22.1 Å². The van der Waals surface area contributed by atoms with Gasteiger partial charge in [0.05, 0.1) is 28.8 Å². The lowest BCUT2D eigenvalue weighted by molar-refractivity contribution is 0.285. The van der Waals surface area contributed by atoms with Gasteiger partial charge in [0.15, 0.2) is 16.5 Å². The lowest BCUT2D eigenvalue weighted by Crippen LogP contribution is -2.22. The Labute approximate surface area is 172 Å². The molecule has 0 radical (unpaired) electrons. The van der Waals surface area contributed by atoms with Gasteiger partial charge in [0.2, 0.25) is 0 Å². The summed E-state index contributed by atoms with van der Waals surface area (Å²) in [6.07, 6.45) is 4.38. The van der Waals surface area contributed by atoms with Gasteiger partial charge >= 0.3 is 0 Å². The molecular weight excluding hydrogens is 384 g/mol. The third kappa shape index (κ3) is 3.51. The number of imidazole rings is 1. The molecule has 0 saturated heterocycles. The first-order chi connectivity index (χ1) is 14.2. The zero-order valence-electron chi connectivity index (χ0n) is 16.5. The molecule has 0 aliphatic carbocycles. The molecule has 0 aliphatic heterocycles. The Balaban J connectivity index is 1.90. The maximum atomic E-state index is 13.0. The van der Waals surface area contributed by atoms with Crippen LogP contribution in [0.3, 0.4) is 0 Å². The van der Waals surface area contributed by atoms with Crippen LogP contribution in [0.5, 0.6) is 11.5 Å². The number of rotatable bonds is 7. The average Bonchev–Trinajstić information content (AvgIpc) is 3.21. The molecule has 2 aromatic heterocycles. The molecule has 29 heavy (non-hydrogen) atoms. The summed E-state index contributed by atoms with van der Waals surface area (Å²) in [5.41, 5.74) is 3.47. The molecule has 5 nitrogen and oxygen atoms in total. The Morgan fingerprint density at radius 2 is 1.97 bits per heavy atom. The Hall–Kier alpha value is -3.12. The van der Waals surface area contributed by atoms with Crippen LogP contribution in [-0.4, -0.2) is 22.6 Å². The van der Waals surface area contributed by atoms with E-state index in [4.69, 9.17) is 9.47 Å². The third-order valence-electron chi connectivity index (χ3n) is 4.55. The predicted molar refractivity (Wildman–Crippen MR) is 118 cm³/mol. The van der Waals surface area contributed by atoms with Crippen molar-refractivity contribution in [2.75, 3.05) is 13.2 Å². The fraction of sp³-hybridized carbons (Fsp3) is 0.217. The smallest absolute Gasteiger partial charge is 0.274 e. The van der Waals surface area contributed by atoms with Gasteiger partial charge in [-0.2, -0.15) is 0 Å². The number of thiazole rings is 1. The molecule has 0 saturated carbocycles. The van der Waals surface area contributed by atoms with Crippen LogP contribution in [0.2, 0.25) is 0 Å². The second-order valence-electron chi connectivity index (χ2n) is 6.50. The van der Waals surface area contributed by atoms with Crippen molar-refractivity contribution in [1.82, 2.24) is 9.38 Å². The van der Waals surface area contributed by atoms with Gasteiger partial charge in [-0.3, -0.25) is 4.79 Å². The molecule has 0 spiro atoms. The Kier molecular flexibility index (Phi) is 5.36. The average molecular weight is 407 g/mol. The highest BCUT2D eigenvalue weighted by Crippen LogP contribution is 2.34. The molecule has 0 atom stereocenters. The van der Waals surface area contributed by atoms with E-state index >= 15 is 0 Å². The van der Waals surface area contributed by atoms with E-state index in [1.807, 2.05) is 62.4 Å². The Morgan fingerprint density at radius 3 is 2.72 bits per heavy atom. The summed E-state index contributed by atoms with van der Waals surface area (Å²) in [5.74, 6) is 1.42. The summed E-state index contributed by atoms with van der Waals surface area (Å²) in [6.45, 7) is 8.81. The number of benzene rings is 2. The number of nitrogens with zero attached hydrogens (tertiary/aromatic N) is 2. The monoisotopic (exact) mass is 406 g/mol. The van der Waals surface area contributed by atoms with Crippen molar-refractivity contribution < 1.29 is 9.47 Å². The van der Waals surface area contributed by atoms with Crippen LogP contribution < -0.4 is 19.6 Å². The van der Waals surface area contributed by atoms with Crippen LogP contribution in [0, 0.1) is 0 Å². The minimum absolute atomic E-state index is 0.0594. The molecule has 6 heteroatoms. The van der Waals surface area contributed by atoms with Crippen LogP contribution in [-0.2, 0) is 6.42 Å². The van der Waals surface area contributed by atoms with E-state index in [0.717, 1.165) is 27.9 Å². The normalized spacial score (nSPS) is 12.0. The van der Waals surface area contributed by atoms with E-state index in [1.165, 1.54) is 11.3 Å². The maximum Gasteiger partial charge on any atom is 0.274 e. The van der Waals surface area contributed by atoms with Gasteiger partial charge < -0.3 is 9.47 Å². The van der Waals surface area contributed by atoms with Gasteiger partial charge in [0.25, 0.3) is 5.56 Å². The quantitative estimate of drug-likeness (QED) is 0.436. The number of fused-ring (bicyclic) bond motifs is 3. The molecule has 4 rings (SSSR count). The van der Waals surface area contributed by atoms with Gasteiger partial charge in [-0.15, -0.1) is 6.58 Å². The lowest BCUT2D eigenvalue weighted by atomic mass is 10.1. The first-order valence-corrected chi connectivity index (χ1v) is 10.4. The summed E-state index contributed by atoms with van der Waals surface area (Å²) in [5, 5.41) is 0. The summed E-state index contributed by atoms with van der Waals surface area (Å²) in [4.78, 5) is 18.3. The van der Waals surface area contributed by atoms with Gasteiger partial charge in [-0.25, -0.2) is 9.38 Å². The molecule has 0 N–H and O–H groups in total. The van der Waals surface area contributed by atoms with Gasteiger partial charge in [0.1, 0.15) is 0 Å². The molecule has 148 valence electrons. The topological polar surface area (TPSA) is 52.8 Å². The van der Waals surface area contributed by atoms with Crippen molar-refractivity contribution in [1.29, 1.82) is 0 Å². The summed E-state index contributed by atoms with van der Waals surface area (Å²) >= 11 is 1.39. The molecule has 2 aromatic carbocycles. The first kappa shape index (κ1) is 19.2. The van der Waals surface area contributed by atoms with Crippen molar-refractivity contribution >= 4 is 33.4 Å². The highest BCUT2D eigenvalue weighted by Gasteiger charge is 2.14. The number of ether oxygens (including phenoxy) is 2. The standard InChI is InChI=1S/C23H22N2O3S/c1-4-9-16-12-15(13-19(27-5-2)21(16)28-6-3)14-20-22(26)25-18-11-8-7-10-17(18)24-23(25)29-20/h4,7-8,10-14H,1,5-6,9H2,2-3H3. The van der Waals surface area contributed by atoms with Crippen LogP contribution in [0.1, 0.15) is 25.0 Å². The summed E-state index contributed by atoms with van der Waals surface area (Å²) < 4.78 is 14.0. The molecule has 2 heterocycles. The minimum atomic E-state index is -0.0594. The molecule has 0 aliphatic rings. The van der Waals surface area contributed by atoms with Gasteiger partial charge in [0, 0.05) is 5.56 Å². The SMILES string of the molecule is C=CCc1cc(C=c2sc3nc4ccccc4n3c2=O)cc(OCC)c1OCC. The minimum Gasteiger partial charge on any atom is -0.490 e. The Morgan fingerprint density at radius 1 is 1.17 bits per heavy atom. The van der Waals surface area contributed by atoms with Gasteiger partial charge in [-0.05, 0) is 56.2 Å². The molecule has 4 aromatic rings. The van der Waals surface area contributed by atoms with Crippen molar-refractivity contribution in [3.05, 3.63) is 75.1 Å². The molecule has 0 bridgehead atoms. The summed E-state index contributed by atoms with van der Waals surface area (Å²) in [6, 6.07) is 11.6. The highest BCUT2D eigenvalue weighted by atomic mass is 32.1. The zero-order chi connectivity index (χ0) is 20.4. The van der Waals surface area contributed by atoms with E-state index in [9.17, 15) is 4.79 Å². The van der Waals surface area contributed by atoms with E-state index in [0.29, 0.717) is 34.9 Å². The second kappa shape index (κ2) is 8.09. The van der Waals surface area contributed by atoms with Crippen molar-refractivity contribution in [2.45, 2.75) is 20.3 Å². The van der Waals surface area contributed by atoms with E-state index in [1.54, 1.807) is 4.40 Å². The van der Waals surface area contributed by atoms with Crippen LogP contribution >= 0.6 is 11.3 Å². The van der Waals surface area contributed by atoms with Gasteiger partial charge in [-0.1, -0.05) is 29.5 Å². The van der Waals surface area contributed by atoms with E-state index in [2.05, 4.69) is 11.6 Å². The van der Waals surface area contributed by atoms with Crippen LogP contribution in [0.15, 0.2) is 53.8 Å². The predicted octanol–water partition coefficient (Wildman–Crippen LogP) is 3.98. The first-order valence-electron chi connectivity index (χ1n) is 9.61. The van der Waals surface area contributed by atoms with E-state index in [-0.39, 0.29) is 5.56 Å². The van der Waals surface area contributed by atoms with Crippen molar-refractivity contribution in [2.24, 2.45) is 0 Å². The number of hydrogen-bond acceptors (Lipinski definition) is 5. The number of para-hydroxylation sites is 2. The zero-order valence-corrected chi connectivity index (χ0v) is 17.3. The largest absolute Gasteiger partial charge is 0.490 e. The molecule has 0 unspecified atom stereocenters. The lowest BCUT2D eigenvalue weighted by Gasteiger charge is -2.15.